The fraction of sp³-hybridized carbons (Fsp3) is 0.150. The highest BCUT2D eigenvalue weighted by molar-refractivity contribution is 6.32. The standard InChI is InChI=1S/C20H15ClFNO3/c1-2-9-23(12-14-3-6-16(22)7-4-14)19(24)8-5-15-10-17(21)20-18(11-15)25-13-26-20/h1,3-8,10-11H,9,12-13H2/b8-5+. The van der Waals surface area contributed by atoms with Gasteiger partial charge in [0.1, 0.15) is 5.82 Å². The van der Waals surface area contributed by atoms with Crippen molar-refractivity contribution in [3.63, 3.8) is 0 Å². The summed E-state index contributed by atoms with van der Waals surface area (Å²) in [4.78, 5) is 14.0. The van der Waals surface area contributed by atoms with E-state index in [1.807, 2.05) is 0 Å². The van der Waals surface area contributed by atoms with Gasteiger partial charge in [0.05, 0.1) is 11.6 Å². The first-order valence-electron chi connectivity index (χ1n) is 7.81. The van der Waals surface area contributed by atoms with Crippen molar-refractivity contribution in [1.82, 2.24) is 4.90 Å². The lowest BCUT2D eigenvalue weighted by Crippen LogP contribution is -2.29. The fourth-order valence-electron chi connectivity index (χ4n) is 2.49. The Bertz CT molecular complexity index is 887. The molecular weight excluding hydrogens is 357 g/mol. The monoisotopic (exact) mass is 371 g/mol. The number of benzene rings is 2. The lowest BCUT2D eigenvalue weighted by atomic mass is 10.1. The van der Waals surface area contributed by atoms with Gasteiger partial charge < -0.3 is 14.4 Å². The summed E-state index contributed by atoms with van der Waals surface area (Å²) in [6.45, 7) is 0.548. The molecule has 1 aliphatic heterocycles. The molecule has 0 saturated heterocycles. The zero-order chi connectivity index (χ0) is 18.5. The molecule has 2 aromatic carbocycles. The zero-order valence-corrected chi connectivity index (χ0v) is 14.5. The smallest absolute Gasteiger partial charge is 0.247 e. The minimum Gasteiger partial charge on any atom is -0.454 e. The molecule has 26 heavy (non-hydrogen) atoms. The van der Waals surface area contributed by atoms with Gasteiger partial charge >= 0.3 is 0 Å². The van der Waals surface area contributed by atoms with Crippen LogP contribution in [0.1, 0.15) is 11.1 Å². The van der Waals surface area contributed by atoms with Gasteiger partial charge in [0.25, 0.3) is 0 Å². The van der Waals surface area contributed by atoms with Crippen LogP contribution in [0.3, 0.4) is 0 Å². The van der Waals surface area contributed by atoms with Crippen molar-refractivity contribution in [3.8, 4) is 23.8 Å². The van der Waals surface area contributed by atoms with E-state index >= 15 is 0 Å². The molecule has 3 rings (SSSR count). The van der Waals surface area contributed by atoms with Gasteiger partial charge in [-0.3, -0.25) is 4.79 Å². The molecule has 0 aromatic heterocycles. The SMILES string of the molecule is C#CCN(Cc1ccc(F)cc1)C(=O)/C=C/c1cc(Cl)c2c(c1)OCO2. The van der Waals surface area contributed by atoms with Crippen molar-refractivity contribution in [2.24, 2.45) is 0 Å². The second-order valence-corrected chi connectivity index (χ2v) is 6.00. The summed E-state index contributed by atoms with van der Waals surface area (Å²) in [5.41, 5.74) is 1.49. The normalized spacial score (nSPS) is 12.2. The predicted molar refractivity (Wildman–Crippen MR) is 97.3 cm³/mol. The lowest BCUT2D eigenvalue weighted by Gasteiger charge is -2.18. The van der Waals surface area contributed by atoms with Crippen LogP contribution in [0.2, 0.25) is 5.02 Å². The molecule has 0 fully saturated rings. The number of amides is 1. The molecule has 0 radical (unpaired) electrons. The molecule has 0 N–H and O–H groups in total. The quantitative estimate of drug-likeness (QED) is 0.591. The van der Waals surface area contributed by atoms with Gasteiger partial charge in [-0.15, -0.1) is 6.42 Å². The average Bonchev–Trinajstić information content (AvgIpc) is 3.10. The number of halogens is 2. The number of fused-ring (bicyclic) bond motifs is 1. The van der Waals surface area contributed by atoms with Crippen LogP contribution >= 0.6 is 11.6 Å². The average molecular weight is 372 g/mol. The molecule has 2 aromatic rings. The molecule has 132 valence electrons. The van der Waals surface area contributed by atoms with Crippen molar-refractivity contribution in [1.29, 1.82) is 0 Å². The van der Waals surface area contributed by atoms with E-state index in [2.05, 4.69) is 5.92 Å². The summed E-state index contributed by atoms with van der Waals surface area (Å²) >= 11 is 6.13. The Balaban J connectivity index is 1.73. The Labute approximate surface area is 155 Å². The largest absolute Gasteiger partial charge is 0.454 e. The van der Waals surface area contributed by atoms with E-state index in [4.69, 9.17) is 27.5 Å². The van der Waals surface area contributed by atoms with Crippen LogP contribution in [0.15, 0.2) is 42.5 Å². The van der Waals surface area contributed by atoms with Gasteiger partial charge in [-0.2, -0.15) is 0 Å². The predicted octanol–water partition coefficient (Wildman–Crippen LogP) is 3.88. The molecule has 1 heterocycles. The van der Waals surface area contributed by atoms with E-state index < -0.39 is 0 Å². The van der Waals surface area contributed by atoms with Crippen molar-refractivity contribution < 1.29 is 18.7 Å². The van der Waals surface area contributed by atoms with Gasteiger partial charge in [-0.25, -0.2) is 4.39 Å². The highest BCUT2D eigenvalue weighted by atomic mass is 35.5. The molecule has 0 saturated carbocycles. The van der Waals surface area contributed by atoms with Crippen molar-refractivity contribution >= 4 is 23.6 Å². The number of rotatable bonds is 5. The summed E-state index contributed by atoms with van der Waals surface area (Å²) < 4.78 is 23.6. The summed E-state index contributed by atoms with van der Waals surface area (Å²) in [6, 6.07) is 9.35. The molecule has 0 bridgehead atoms. The summed E-state index contributed by atoms with van der Waals surface area (Å²) in [6.07, 6.45) is 8.40. The first-order chi connectivity index (χ1) is 12.6. The first-order valence-corrected chi connectivity index (χ1v) is 8.18. The van der Waals surface area contributed by atoms with Crippen LogP contribution in [-0.2, 0) is 11.3 Å². The Hall–Kier alpha value is -2.97. The van der Waals surface area contributed by atoms with Crippen molar-refractivity contribution in [3.05, 3.63) is 64.4 Å². The Morgan fingerprint density at radius 1 is 1.31 bits per heavy atom. The number of ether oxygens (including phenoxy) is 2. The highest BCUT2D eigenvalue weighted by Gasteiger charge is 2.18. The van der Waals surface area contributed by atoms with Gasteiger partial charge in [-0.1, -0.05) is 29.7 Å². The van der Waals surface area contributed by atoms with E-state index in [1.165, 1.54) is 23.1 Å². The van der Waals surface area contributed by atoms with Gasteiger partial charge in [0, 0.05) is 12.6 Å². The topological polar surface area (TPSA) is 38.8 Å². The molecule has 0 aliphatic carbocycles. The summed E-state index contributed by atoms with van der Waals surface area (Å²) in [5.74, 6) is 2.91. The van der Waals surface area contributed by atoms with Crippen LogP contribution in [0.25, 0.3) is 6.08 Å². The fourth-order valence-corrected chi connectivity index (χ4v) is 2.76. The van der Waals surface area contributed by atoms with E-state index in [0.29, 0.717) is 22.1 Å². The van der Waals surface area contributed by atoms with Crippen LogP contribution in [-0.4, -0.2) is 24.1 Å². The Morgan fingerprint density at radius 3 is 2.81 bits per heavy atom. The van der Waals surface area contributed by atoms with E-state index in [0.717, 1.165) is 5.56 Å². The summed E-state index contributed by atoms with van der Waals surface area (Å²) in [7, 11) is 0. The van der Waals surface area contributed by atoms with Crippen LogP contribution in [0.4, 0.5) is 4.39 Å². The molecule has 1 aliphatic rings. The second-order valence-electron chi connectivity index (χ2n) is 5.59. The van der Waals surface area contributed by atoms with Gasteiger partial charge in [0.15, 0.2) is 11.5 Å². The maximum Gasteiger partial charge on any atom is 0.247 e. The third-order valence-corrected chi connectivity index (χ3v) is 4.03. The van der Waals surface area contributed by atoms with Gasteiger partial charge in [0.2, 0.25) is 12.7 Å². The van der Waals surface area contributed by atoms with Crippen LogP contribution < -0.4 is 9.47 Å². The number of hydrogen-bond acceptors (Lipinski definition) is 3. The number of nitrogens with zero attached hydrogens (tertiary/aromatic N) is 1. The minimum absolute atomic E-state index is 0.120. The molecule has 0 spiro atoms. The summed E-state index contributed by atoms with van der Waals surface area (Å²) in [5, 5.41) is 0.416. The molecule has 1 amide bonds. The van der Waals surface area contributed by atoms with Crippen LogP contribution in [0, 0.1) is 18.2 Å². The van der Waals surface area contributed by atoms with E-state index in [9.17, 15) is 9.18 Å². The van der Waals surface area contributed by atoms with Crippen molar-refractivity contribution in [2.45, 2.75) is 6.54 Å². The molecular formula is C20H15ClFNO3. The van der Waals surface area contributed by atoms with Gasteiger partial charge in [-0.05, 0) is 41.5 Å². The first kappa shape index (κ1) is 17.8. The Morgan fingerprint density at radius 2 is 2.08 bits per heavy atom. The maximum atomic E-state index is 13.0. The number of hydrogen-bond donors (Lipinski definition) is 0. The lowest BCUT2D eigenvalue weighted by molar-refractivity contribution is -0.125. The van der Waals surface area contributed by atoms with E-state index in [1.54, 1.807) is 30.3 Å². The Kier molecular flexibility index (Phi) is 5.45. The molecule has 6 heteroatoms. The number of carbonyl (C=O) groups is 1. The van der Waals surface area contributed by atoms with Crippen molar-refractivity contribution in [2.75, 3.05) is 13.3 Å². The maximum absolute atomic E-state index is 13.0. The highest BCUT2D eigenvalue weighted by Crippen LogP contribution is 2.40. The molecule has 4 nitrogen and oxygen atoms in total. The zero-order valence-electron chi connectivity index (χ0n) is 13.7. The van der Waals surface area contributed by atoms with E-state index in [-0.39, 0.29) is 31.6 Å². The third kappa shape index (κ3) is 4.16. The second kappa shape index (κ2) is 7.94. The minimum atomic E-state index is -0.330. The van der Waals surface area contributed by atoms with Crippen LogP contribution in [0.5, 0.6) is 11.5 Å². The number of carbonyl (C=O) groups excluding carboxylic acids is 1. The molecule has 0 atom stereocenters. The molecule has 0 unspecified atom stereocenters. The third-order valence-electron chi connectivity index (χ3n) is 3.75. The number of terminal acetylenes is 1.